The number of rotatable bonds is 5. The maximum atomic E-state index is 12.4. The SMILES string of the molecule is C[C@@H](O)C1C(=O)N(C)C(C(=O)O)=C(CN2CC[C@H](C(N)=O)C2)[C@@H]1C. The van der Waals surface area contributed by atoms with Gasteiger partial charge in [0.05, 0.1) is 17.9 Å². The van der Waals surface area contributed by atoms with Gasteiger partial charge in [0.1, 0.15) is 5.70 Å². The van der Waals surface area contributed by atoms with Crippen molar-refractivity contribution in [1.29, 1.82) is 0 Å². The standard InChI is InChI=1S/C16H25N3O5/c1-8-11(7-19-5-4-10(6-19)14(17)21)13(16(23)24)18(3)15(22)12(8)9(2)20/h8-10,12,20H,4-7H2,1-3H3,(H2,17,21)(H,23,24)/t8-,9+,10-,12?/m0/s1. The number of likely N-dealkylation sites (tertiary alicyclic amines) is 1. The number of aliphatic carboxylic acids is 1. The number of aliphatic hydroxyl groups excluding tert-OH is 1. The lowest BCUT2D eigenvalue weighted by atomic mass is 9.78. The monoisotopic (exact) mass is 339 g/mol. The number of aliphatic hydroxyl groups is 1. The third kappa shape index (κ3) is 3.29. The predicted octanol–water partition coefficient (Wildman–Crippen LogP) is -0.763. The van der Waals surface area contributed by atoms with Crippen molar-refractivity contribution in [3.63, 3.8) is 0 Å². The van der Waals surface area contributed by atoms with Crippen molar-refractivity contribution in [2.75, 3.05) is 26.7 Å². The first kappa shape index (κ1) is 18.4. The molecule has 0 aliphatic carbocycles. The van der Waals surface area contributed by atoms with Gasteiger partial charge in [-0.3, -0.25) is 14.5 Å². The molecule has 0 aromatic rings. The smallest absolute Gasteiger partial charge is 0.352 e. The van der Waals surface area contributed by atoms with Gasteiger partial charge >= 0.3 is 5.97 Å². The minimum atomic E-state index is -1.16. The van der Waals surface area contributed by atoms with Gasteiger partial charge < -0.3 is 20.8 Å². The Balaban J connectivity index is 2.33. The first-order valence-corrected chi connectivity index (χ1v) is 8.08. The van der Waals surface area contributed by atoms with Crippen LogP contribution in [0.3, 0.4) is 0 Å². The molecule has 0 spiro atoms. The Morgan fingerprint density at radius 1 is 1.42 bits per heavy atom. The second-order valence-corrected chi connectivity index (χ2v) is 6.75. The summed E-state index contributed by atoms with van der Waals surface area (Å²) in [5, 5.41) is 19.5. The molecule has 0 saturated carbocycles. The van der Waals surface area contributed by atoms with Crippen LogP contribution in [0.5, 0.6) is 0 Å². The van der Waals surface area contributed by atoms with Crippen molar-refractivity contribution < 1.29 is 24.6 Å². The molecule has 1 saturated heterocycles. The van der Waals surface area contributed by atoms with Crippen LogP contribution in [0.15, 0.2) is 11.3 Å². The summed E-state index contributed by atoms with van der Waals surface area (Å²) in [6.45, 7) is 4.77. The van der Waals surface area contributed by atoms with E-state index in [0.717, 1.165) is 4.90 Å². The van der Waals surface area contributed by atoms with Crippen LogP contribution in [0.25, 0.3) is 0 Å². The van der Waals surface area contributed by atoms with Crippen LogP contribution in [-0.4, -0.2) is 70.6 Å². The number of primary amides is 1. The van der Waals surface area contributed by atoms with Gasteiger partial charge in [0.15, 0.2) is 0 Å². The minimum absolute atomic E-state index is 0.0353. The molecule has 2 aliphatic rings. The molecular weight excluding hydrogens is 314 g/mol. The van der Waals surface area contributed by atoms with Crippen molar-refractivity contribution >= 4 is 17.8 Å². The van der Waals surface area contributed by atoms with Crippen molar-refractivity contribution in [2.45, 2.75) is 26.4 Å². The summed E-state index contributed by atoms with van der Waals surface area (Å²) in [6.07, 6.45) is -0.231. The average molecular weight is 339 g/mol. The van der Waals surface area contributed by atoms with E-state index in [1.54, 1.807) is 6.92 Å². The van der Waals surface area contributed by atoms with E-state index in [4.69, 9.17) is 5.73 Å². The van der Waals surface area contributed by atoms with E-state index in [-0.39, 0.29) is 17.5 Å². The van der Waals surface area contributed by atoms with Crippen molar-refractivity contribution in [1.82, 2.24) is 9.80 Å². The molecule has 24 heavy (non-hydrogen) atoms. The summed E-state index contributed by atoms with van der Waals surface area (Å²) < 4.78 is 0. The molecule has 0 radical (unpaired) electrons. The average Bonchev–Trinajstić information content (AvgIpc) is 2.93. The number of amides is 2. The molecule has 8 nitrogen and oxygen atoms in total. The highest BCUT2D eigenvalue weighted by Gasteiger charge is 2.43. The van der Waals surface area contributed by atoms with Crippen LogP contribution >= 0.6 is 0 Å². The number of nitrogens with zero attached hydrogens (tertiary/aromatic N) is 2. The Labute approximate surface area is 140 Å². The molecule has 2 rings (SSSR count). The van der Waals surface area contributed by atoms with Gasteiger partial charge in [-0.2, -0.15) is 0 Å². The molecule has 2 aliphatic heterocycles. The maximum absolute atomic E-state index is 12.4. The normalized spacial score (nSPS) is 29.9. The number of carboxylic acids is 1. The van der Waals surface area contributed by atoms with Crippen LogP contribution in [0.4, 0.5) is 0 Å². The van der Waals surface area contributed by atoms with Gasteiger partial charge in [-0.05, 0) is 31.4 Å². The zero-order chi connectivity index (χ0) is 18.2. The van der Waals surface area contributed by atoms with E-state index >= 15 is 0 Å². The number of carboxylic acid groups (broad SMARTS) is 1. The lowest BCUT2D eigenvalue weighted by Gasteiger charge is -2.39. The fraction of sp³-hybridized carbons (Fsp3) is 0.688. The van der Waals surface area contributed by atoms with Crippen molar-refractivity contribution in [2.24, 2.45) is 23.5 Å². The lowest BCUT2D eigenvalue weighted by molar-refractivity contribution is -0.145. The fourth-order valence-corrected chi connectivity index (χ4v) is 3.77. The van der Waals surface area contributed by atoms with Gasteiger partial charge in [0, 0.05) is 20.1 Å². The zero-order valence-corrected chi connectivity index (χ0v) is 14.2. The van der Waals surface area contributed by atoms with Gasteiger partial charge in [-0.15, -0.1) is 0 Å². The maximum Gasteiger partial charge on any atom is 0.352 e. The summed E-state index contributed by atoms with van der Waals surface area (Å²) in [5.74, 6) is -3.21. The van der Waals surface area contributed by atoms with Gasteiger partial charge in [0.25, 0.3) is 0 Å². The highest BCUT2D eigenvalue weighted by atomic mass is 16.4. The van der Waals surface area contributed by atoms with Gasteiger partial charge in [0.2, 0.25) is 11.8 Å². The van der Waals surface area contributed by atoms with Crippen LogP contribution in [0, 0.1) is 17.8 Å². The van der Waals surface area contributed by atoms with E-state index in [1.807, 2.05) is 4.90 Å². The Morgan fingerprint density at radius 3 is 2.50 bits per heavy atom. The van der Waals surface area contributed by atoms with Crippen LogP contribution in [0.1, 0.15) is 20.3 Å². The van der Waals surface area contributed by atoms with Crippen molar-refractivity contribution in [3.05, 3.63) is 11.3 Å². The van der Waals surface area contributed by atoms with E-state index in [0.29, 0.717) is 31.6 Å². The van der Waals surface area contributed by atoms with Crippen LogP contribution in [0.2, 0.25) is 0 Å². The first-order valence-electron chi connectivity index (χ1n) is 8.08. The third-order valence-corrected chi connectivity index (χ3v) is 5.13. The molecule has 1 fully saturated rings. The number of hydrogen-bond acceptors (Lipinski definition) is 5. The topological polar surface area (TPSA) is 124 Å². The van der Waals surface area contributed by atoms with E-state index in [2.05, 4.69) is 0 Å². The molecule has 4 N–H and O–H groups in total. The summed E-state index contributed by atoms with van der Waals surface area (Å²) in [6, 6.07) is 0. The Hall–Kier alpha value is -1.93. The Bertz CT molecular complexity index is 586. The molecule has 8 heteroatoms. The van der Waals surface area contributed by atoms with Crippen LogP contribution in [-0.2, 0) is 14.4 Å². The van der Waals surface area contributed by atoms with Gasteiger partial charge in [-0.1, -0.05) is 6.92 Å². The molecule has 134 valence electrons. The summed E-state index contributed by atoms with van der Waals surface area (Å²) in [7, 11) is 1.42. The highest BCUT2D eigenvalue weighted by molar-refractivity contribution is 5.96. The lowest BCUT2D eigenvalue weighted by Crippen LogP contribution is -2.49. The van der Waals surface area contributed by atoms with E-state index in [1.165, 1.54) is 14.0 Å². The zero-order valence-electron chi connectivity index (χ0n) is 14.2. The number of likely N-dealkylation sites (N-methyl/N-ethyl adjacent to an activating group) is 1. The van der Waals surface area contributed by atoms with E-state index in [9.17, 15) is 24.6 Å². The predicted molar refractivity (Wildman–Crippen MR) is 85.5 cm³/mol. The number of hydrogen-bond donors (Lipinski definition) is 3. The molecule has 0 bridgehead atoms. The summed E-state index contributed by atoms with van der Waals surface area (Å²) in [4.78, 5) is 38.5. The molecule has 0 aromatic heterocycles. The number of carbonyl (C=O) groups is 3. The molecule has 2 amide bonds. The Morgan fingerprint density at radius 2 is 2.04 bits per heavy atom. The Kier molecular flexibility index (Phi) is 5.29. The quantitative estimate of drug-likeness (QED) is 0.605. The minimum Gasteiger partial charge on any atom is -0.477 e. The van der Waals surface area contributed by atoms with E-state index < -0.39 is 29.8 Å². The summed E-state index contributed by atoms with van der Waals surface area (Å²) in [5.41, 5.74) is 5.90. The molecule has 0 aromatic carbocycles. The fourth-order valence-electron chi connectivity index (χ4n) is 3.77. The largest absolute Gasteiger partial charge is 0.477 e. The van der Waals surface area contributed by atoms with Gasteiger partial charge in [-0.25, -0.2) is 4.79 Å². The first-order chi connectivity index (χ1) is 11.1. The summed E-state index contributed by atoms with van der Waals surface area (Å²) >= 11 is 0. The molecule has 2 heterocycles. The molecular formula is C16H25N3O5. The van der Waals surface area contributed by atoms with Crippen molar-refractivity contribution in [3.8, 4) is 0 Å². The number of carbonyl (C=O) groups excluding carboxylic acids is 2. The second-order valence-electron chi connectivity index (χ2n) is 6.75. The molecule has 4 atom stereocenters. The molecule has 1 unspecified atom stereocenters. The highest BCUT2D eigenvalue weighted by Crippen LogP contribution is 2.35. The van der Waals surface area contributed by atoms with Crippen LogP contribution < -0.4 is 5.73 Å². The third-order valence-electron chi connectivity index (χ3n) is 5.13. The number of nitrogens with two attached hydrogens (primary N) is 1. The second kappa shape index (κ2) is 6.90.